The Morgan fingerprint density at radius 2 is 2.08 bits per heavy atom. The molecule has 0 amide bonds. The maximum absolute atomic E-state index is 13.6. The van der Waals surface area contributed by atoms with E-state index in [9.17, 15) is 8.78 Å². The standard InChI is InChI=1S/C18H20F2N4O2/c19-13-1-2-15(20)16(10-13)24-18(21)23-11-12-3-6-22-17(9-12)26-14-4-7-25-8-5-14/h1-3,6,9-10,14H,4-5,7-8,11H2,(H3,21,23,24). The zero-order valence-electron chi connectivity index (χ0n) is 14.1. The van der Waals surface area contributed by atoms with Gasteiger partial charge in [0, 0.05) is 31.2 Å². The van der Waals surface area contributed by atoms with Gasteiger partial charge in [0.2, 0.25) is 5.88 Å². The van der Waals surface area contributed by atoms with Gasteiger partial charge in [0.25, 0.3) is 0 Å². The summed E-state index contributed by atoms with van der Waals surface area (Å²) in [6.45, 7) is 1.63. The number of anilines is 1. The zero-order valence-corrected chi connectivity index (χ0v) is 14.1. The number of hydrogen-bond donors (Lipinski definition) is 2. The van der Waals surface area contributed by atoms with Crippen LogP contribution in [0.25, 0.3) is 0 Å². The molecule has 138 valence electrons. The van der Waals surface area contributed by atoms with Crippen LogP contribution in [0.4, 0.5) is 14.5 Å². The number of guanidine groups is 1. The lowest BCUT2D eigenvalue weighted by Gasteiger charge is -2.22. The molecule has 2 heterocycles. The fraction of sp³-hybridized carbons (Fsp3) is 0.333. The van der Waals surface area contributed by atoms with Gasteiger partial charge in [-0.25, -0.2) is 18.8 Å². The lowest BCUT2D eigenvalue weighted by Crippen LogP contribution is -2.26. The molecule has 0 atom stereocenters. The van der Waals surface area contributed by atoms with Gasteiger partial charge >= 0.3 is 0 Å². The largest absolute Gasteiger partial charge is 0.474 e. The molecule has 3 rings (SSSR count). The number of halogens is 2. The average molecular weight is 362 g/mol. The first kappa shape index (κ1) is 18.1. The molecule has 26 heavy (non-hydrogen) atoms. The van der Waals surface area contributed by atoms with Crippen molar-refractivity contribution in [1.29, 1.82) is 0 Å². The molecule has 1 aliphatic heterocycles. The topological polar surface area (TPSA) is 81.8 Å². The first-order chi connectivity index (χ1) is 12.6. The van der Waals surface area contributed by atoms with E-state index in [0.717, 1.165) is 36.6 Å². The molecule has 0 unspecified atom stereocenters. The molecular formula is C18H20F2N4O2. The fourth-order valence-electron chi connectivity index (χ4n) is 2.53. The van der Waals surface area contributed by atoms with E-state index in [0.29, 0.717) is 19.1 Å². The van der Waals surface area contributed by atoms with Crippen LogP contribution in [0, 0.1) is 11.6 Å². The van der Waals surface area contributed by atoms with Gasteiger partial charge < -0.3 is 20.5 Å². The summed E-state index contributed by atoms with van der Waals surface area (Å²) >= 11 is 0. The van der Waals surface area contributed by atoms with Crippen molar-refractivity contribution in [3.8, 4) is 5.88 Å². The van der Waals surface area contributed by atoms with Crippen molar-refractivity contribution in [3.63, 3.8) is 0 Å². The molecule has 1 aliphatic rings. The molecule has 0 aliphatic carbocycles. The Morgan fingerprint density at radius 3 is 2.88 bits per heavy atom. The second-order valence-corrected chi connectivity index (χ2v) is 5.88. The van der Waals surface area contributed by atoms with E-state index < -0.39 is 11.6 Å². The van der Waals surface area contributed by atoms with Crippen LogP contribution in [-0.2, 0) is 11.3 Å². The maximum Gasteiger partial charge on any atom is 0.213 e. The zero-order chi connectivity index (χ0) is 18.4. The third kappa shape index (κ3) is 5.13. The van der Waals surface area contributed by atoms with E-state index in [-0.39, 0.29) is 24.3 Å². The van der Waals surface area contributed by atoms with Crippen molar-refractivity contribution < 1.29 is 18.3 Å². The molecule has 0 saturated carbocycles. The van der Waals surface area contributed by atoms with Gasteiger partial charge in [0.05, 0.1) is 25.4 Å². The average Bonchev–Trinajstić information content (AvgIpc) is 2.64. The Bertz CT molecular complexity index is 780. The molecule has 6 nitrogen and oxygen atoms in total. The molecule has 2 aromatic rings. The summed E-state index contributed by atoms with van der Waals surface area (Å²) in [6.07, 6.45) is 3.40. The summed E-state index contributed by atoms with van der Waals surface area (Å²) < 4.78 is 37.9. The number of benzene rings is 1. The molecule has 1 aromatic heterocycles. The molecule has 1 aromatic carbocycles. The molecule has 0 spiro atoms. The summed E-state index contributed by atoms with van der Waals surface area (Å²) in [4.78, 5) is 8.34. The van der Waals surface area contributed by atoms with Crippen LogP contribution in [0.5, 0.6) is 5.88 Å². The Kier molecular flexibility index (Phi) is 5.96. The molecule has 0 bridgehead atoms. The number of aliphatic imine (C=N–C) groups is 1. The van der Waals surface area contributed by atoms with Crippen LogP contribution in [0.2, 0.25) is 0 Å². The molecule has 1 saturated heterocycles. The first-order valence-electron chi connectivity index (χ1n) is 8.31. The highest BCUT2D eigenvalue weighted by molar-refractivity contribution is 5.92. The van der Waals surface area contributed by atoms with E-state index >= 15 is 0 Å². The van der Waals surface area contributed by atoms with Crippen LogP contribution in [-0.4, -0.2) is 30.3 Å². The van der Waals surface area contributed by atoms with Gasteiger partial charge in [-0.3, -0.25) is 0 Å². The van der Waals surface area contributed by atoms with Crippen molar-refractivity contribution in [2.75, 3.05) is 18.5 Å². The predicted octanol–water partition coefficient (Wildman–Crippen LogP) is 2.84. The molecule has 0 radical (unpaired) electrons. The third-order valence-electron chi connectivity index (χ3n) is 3.88. The summed E-state index contributed by atoms with van der Waals surface area (Å²) in [6, 6.07) is 6.65. The van der Waals surface area contributed by atoms with E-state index in [1.54, 1.807) is 18.3 Å². The number of nitrogens with one attached hydrogen (secondary N) is 1. The summed E-state index contributed by atoms with van der Waals surface area (Å²) in [7, 11) is 0. The highest BCUT2D eigenvalue weighted by Crippen LogP contribution is 2.18. The van der Waals surface area contributed by atoms with Crippen molar-refractivity contribution in [3.05, 3.63) is 53.7 Å². The van der Waals surface area contributed by atoms with Gasteiger partial charge in [0.15, 0.2) is 5.96 Å². The minimum Gasteiger partial charge on any atom is -0.474 e. The summed E-state index contributed by atoms with van der Waals surface area (Å²) in [5, 5.41) is 2.55. The second-order valence-electron chi connectivity index (χ2n) is 5.88. The van der Waals surface area contributed by atoms with E-state index in [2.05, 4.69) is 15.3 Å². The predicted molar refractivity (Wildman–Crippen MR) is 94.0 cm³/mol. The highest BCUT2D eigenvalue weighted by Gasteiger charge is 2.15. The number of nitrogens with zero attached hydrogens (tertiary/aromatic N) is 2. The van der Waals surface area contributed by atoms with Crippen molar-refractivity contribution in [2.24, 2.45) is 10.7 Å². The lowest BCUT2D eigenvalue weighted by atomic mass is 10.1. The monoisotopic (exact) mass is 362 g/mol. The van der Waals surface area contributed by atoms with Crippen molar-refractivity contribution in [1.82, 2.24) is 4.98 Å². The molecule has 3 N–H and O–H groups in total. The third-order valence-corrected chi connectivity index (χ3v) is 3.88. The summed E-state index contributed by atoms with van der Waals surface area (Å²) in [5.41, 5.74) is 6.52. The Labute approximate surface area is 150 Å². The number of nitrogens with two attached hydrogens (primary N) is 1. The molecular weight excluding hydrogens is 342 g/mol. The number of aromatic nitrogens is 1. The van der Waals surface area contributed by atoms with Gasteiger partial charge in [-0.15, -0.1) is 0 Å². The number of hydrogen-bond acceptors (Lipinski definition) is 4. The normalized spacial score (nSPS) is 15.7. The smallest absolute Gasteiger partial charge is 0.213 e. The van der Waals surface area contributed by atoms with Crippen molar-refractivity contribution in [2.45, 2.75) is 25.5 Å². The lowest BCUT2D eigenvalue weighted by molar-refractivity contribution is 0.0237. The quantitative estimate of drug-likeness (QED) is 0.631. The first-order valence-corrected chi connectivity index (χ1v) is 8.31. The van der Waals surface area contributed by atoms with E-state index in [4.69, 9.17) is 15.2 Å². The fourth-order valence-corrected chi connectivity index (χ4v) is 2.53. The van der Waals surface area contributed by atoms with Crippen LogP contribution >= 0.6 is 0 Å². The summed E-state index contributed by atoms with van der Waals surface area (Å²) in [5.74, 6) is -0.670. The van der Waals surface area contributed by atoms with Gasteiger partial charge in [0.1, 0.15) is 17.7 Å². The Balaban J connectivity index is 1.60. The maximum atomic E-state index is 13.6. The SMILES string of the molecule is NC(=NCc1ccnc(OC2CCOCC2)c1)Nc1cc(F)ccc1F. The molecule has 1 fully saturated rings. The van der Waals surface area contributed by atoms with Gasteiger partial charge in [-0.05, 0) is 23.8 Å². The second kappa shape index (κ2) is 8.57. The number of ether oxygens (including phenoxy) is 2. The minimum absolute atomic E-state index is 0.0155. The Hall–Kier alpha value is -2.74. The van der Waals surface area contributed by atoms with Gasteiger partial charge in [-0.1, -0.05) is 0 Å². The highest BCUT2D eigenvalue weighted by atomic mass is 19.1. The van der Waals surface area contributed by atoms with E-state index in [1.807, 2.05) is 0 Å². The Morgan fingerprint density at radius 1 is 1.27 bits per heavy atom. The molecule has 8 heteroatoms. The number of pyridine rings is 1. The van der Waals surface area contributed by atoms with Crippen molar-refractivity contribution >= 4 is 11.6 Å². The van der Waals surface area contributed by atoms with Crippen LogP contribution in [0.3, 0.4) is 0 Å². The van der Waals surface area contributed by atoms with Crippen LogP contribution in [0.1, 0.15) is 18.4 Å². The van der Waals surface area contributed by atoms with Gasteiger partial charge in [-0.2, -0.15) is 0 Å². The van der Waals surface area contributed by atoms with E-state index in [1.165, 1.54) is 0 Å². The van der Waals surface area contributed by atoms with Crippen LogP contribution in [0.15, 0.2) is 41.5 Å². The number of rotatable bonds is 5. The van der Waals surface area contributed by atoms with Crippen LogP contribution < -0.4 is 15.8 Å². The minimum atomic E-state index is -0.611.